The second-order valence-electron chi connectivity index (χ2n) is 4.06. The molecular formula is C12H16OS. The van der Waals surface area contributed by atoms with E-state index in [1.54, 1.807) is 11.8 Å². The second kappa shape index (κ2) is 3.85. The van der Waals surface area contributed by atoms with Gasteiger partial charge in [-0.25, -0.2) is 0 Å². The van der Waals surface area contributed by atoms with Crippen LogP contribution >= 0.6 is 11.8 Å². The average Bonchev–Trinajstić information content (AvgIpc) is 2.55. The van der Waals surface area contributed by atoms with Gasteiger partial charge in [-0.1, -0.05) is 44.2 Å². The summed E-state index contributed by atoms with van der Waals surface area (Å²) in [6, 6.07) is 0. The molecule has 0 aromatic heterocycles. The summed E-state index contributed by atoms with van der Waals surface area (Å²) in [6.07, 6.45) is 11.3. The van der Waals surface area contributed by atoms with E-state index >= 15 is 0 Å². The first-order chi connectivity index (χ1) is 6.73. The largest absolute Gasteiger partial charge is 0.481 e. The highest BCUT2D eigenvalue weighted by Crippen LogP contribution is 2.37. The Kier molecular flexibility index (Phi) is 2.73. The van der Waals surface area contributed by atoms with E-state index < -0.39 is 0 Å². The molecule has 0 amide bonds. The van der Waals surface area contributed by atoms with Gasteiger partial charge in [0.15, 0.2) is 0 Å². The van der Waals surface area contributed by atoms with E-state index in [0.29, 0.717) is 0 Å². The minimum Gasteiger partial charge on any atom is -0.481 e. The number of thioether (sulfide) groups is 1. The van der Waals surface area contributed by atoms with Crippen molar-refractivity contribution >= 4 is 11.8 Å². The fourth-order valence-corrected chi connectivity index (χ4v) is 2.60. The third-order valence-corrected chi connectivity index (χ3v) is 3.58. The first-order valence-corrected chi connectivity index (χ1v) is 6.10. The molecule has 1 atom stereocenters. The van der Waals surface area contributed by atoms with E-state index in [1.807, 2.05) is 0 Å². The Morgan fingerprint density at radius 3 is 3.00 bits per heavy atom. The number of ether oxygens (including phenoxy) is 1. The van der Waals surface area contributed by atoms with Crippen molar-refractivity contribution in [2.75, 3.05) is 5.94 Å². The van der Waals surface area contributed by atoms with Crippen molar-refractivity contribution < 1.29 is 4.74 Å². The minimum absolute atomic E-state index is 0.211. The van der Waals surface area contributed by atoms with E-state index in [2.05, 4.69) is 38.2 Å². The van der Waals surface area contributed by atoms with Crippen LogP contribution < -0.4 is 0 Å². The lowest BCUT2D eigenvalue weighted by Crippen LogP contribution is -2.08. The van der Waals surface area contributed by atoms with Crippen LogP contribution in [0.4, 0.5) is 0 Å². The van der Waals surface area contributed by atoms with Crippen LogP contribution in [0.15, 0.2) is 35.0 Å². The SMILES string of the molecule is CCCC1(C)C=CC2=C(C=C1)SCO2. The molecule has 0 bridgehead atoms. The summed E-state index contributed by atoms with van der Waals surface area (Å²) < 4.78 is 5.51. The molecule has 0 saturated carbocycles. The number of hydrogen-bond acceptors (Lipinski definition) is 2. The summed E-state index contributed by atoms with van der Waals surface area (Å²) in [5.41, 5.74) is 0.211. The summed E-state index contributed by atoms with van der Waals surface area (Å²) in [4.78, 5) is 1.28. The highest BCUT2D eigenvalue weighted by atomic mass is 32.2. The lowest BCUT2D eigenvalue weighted by molar-refractivity contribution is 0.295. The second-order valence-corrected chi connectivity index (χ2v) is 5.02. The zero-order valence-electron chi connectivity index (χ0n) is 8.75. The van der Waals surface area contributed by atoms with Crippen LogP contribution in [0.3, 0.4) is 0 Å². The molecule has 1 unspecified atom stereocenters. The smallest absolute Gasteiger partial charge is 0.138 e. The normalized spacial score (nSPS) is 30.1. The van der Waals surface area contributed by atoms with Gasteiger partial charge < -0.3 is 4.74 Å². The van der Waals surface area contributed by atoms with Crippen LogP contribution in [0.1, 0.15) is 26.7 Å². The zero-order chi connectivity index (χ0) is 10.0. The van der Waals surface area contributed by atoms with Crippen LogP contribution in [-0.4, -0.2) is 5.94 Å². The Morgan fingerprint density at radius 1 is 1.43 bits per heavy atom. The van der Waals surface area contributed by atoms with Gasteiger partial charge in [-0.05, 0) is 18.6 Å². The summed E-state index contributed by atoms with van der Waals surface area (Å²) in [5.74, 6) is 1.81. The monoisotopic (exact) mass is 208 g/mol. The minimum atomic E-state index is 0.211. The predicted molar refractivity (Wildman–Crippen MR) is 61.9 cm³/mol. The molecule has 76 valence electrons. The van der Waals surface area contributed by atoms with Crippen molar-refractivity contribution in [2.45, 2.75) is 26.7 Å². The van der Waals surface area contributed by atoms with Gasteiger partial charge in [0.25, 0.3) is 0 Å². The molecule has 14 heavy (non-hydrogen) atoms. The maximum Gasteiger partial charge on any atom is 0.138 e. The standard InChI is InChI=1S/C12H16OS/c1-3-6-12(2)7-4-10-11(5-8-12)14-9-13-10/h4-5,7-8H,3,6,9H2,1-2H3. The molecule has 0 aromatic carbocycles. The molecule has 0 N–H and O–H groups in total. The highest BCUT2D eigenvalue weighted by molar-refractivity contribution is 8.03. The van der Waals surface area contributed by atoms with Gasteiger partial charge >= 0.3 is 0 Å². The van der Waals surface area contributed by atoms with Crippen molar-refractivity contribution in [2.24, 2.45) is 5.41 Å². The molecule has 0 radical (unpaired) electrons. The molecule has 0 saturated heterocycles. The average molecular weight is 208 g/mol. The Balaban J connectivity index is 2.21. The summed E-state index contributed by atoms with van der Waals surface area (Å²) in [7, 11) is 0. The summed E-state index contributed by atoms with van der Waals surface area (Å²) in [5, 5.41) is 0. The molecule has 2 aliphatic rings. The van der Waals surface area contributed by atoms with E-state index in [1.165, 1.54) is 17.7 Å². The molecule has 0 fully saturated rings. The van der Waals surface area contributed by atoms with Gasteiger partial charge in [-0.3, -0.25) is 0 Å². The molecule has 0 aromatic rings. The van der Waals surface area contributed by atoms with Gasteiger partial charge in [0.2, 0.25) is 0 Å². The Labute approximate surface area is 89.9 Å². The van der Waals surface area contributed by atoms with Crippen LogP contribution in [-0.2, 0) is 4.74 Å². The lowest BCUT2D eigenvalue weighted by Gasteiger charge is -2.20. The van der Waals surface area contributed by atoms with Crippen LogP contribution in [0.5, 0.6) is 0 Å². The lowest BCUT2D eigenvalue weighted by atomic mass is 9.85. The van der Waals surface area contributed by atoms with Crippen molar-refractivity contribution in [1.29, 1.82) is 0 Å². The summed E-state index contributed by atoms with van der Waals surface area (Å²) >= 11 is 1.78. The van der Waals surface area contributed by atoms with Crippen molar-refractivity contribution in [3.8, 4) is 0 Å². The first kappa shape index (κ1) is 9.91. The third kappa shape index (κ3) is 1.90. The van der Waals surface area contributed by atoms with E-state index in [-0.39, 0.29) is 5.41 Å². The van der Waals surface area contributed by atoms with Crippen LogP contribution in [0.25, 0.3) is 0 Å². The highest BCUT2D eigenvalue weighted by Gasteiger charge is 2.21. The molecule has 1 nitrogen and oxygen atoms in total. The molecule has 2 heteroatoms. The molecule has 2 rings (SSSR count). The molecular weight excluding hydrogens is 192 g/mol. The van der Waals surface area contributed by atoms with Gasteiger partial charge in [0.1, 0.15) is 11.7 Å². The quantitative estimate of drug-likeness (QED) is 0.681. The van der Waals surface area contributed by atoms with Gasteiger partial charge in [-0.15, -0.1) is 0 Å². The number of rotatable bonds is 2. The van der Waals surface area contributed by atoms with Crippen molar-refractivity contribution in [3.63, 3.8) is 0 Å². The number of allylic oxidation sites excluding steroid dienone is 4. The zero-order valence-corrected chi connectivity index (χ0v) is 9.56. The van der Waals surface area contributed by atoms with E-state index in [0.717, 1.165) is 11.7 Å². The topological polar surface area (TPSA) is 9.23 Å². The van der Waals surface area contributed by atoms with Crippen molar-refractivity contribution in [1.82, 2.24) is 0 Å². The Hall–Kier alpha value is -0.630. The molecule has 1 heterocycles. The van der Waals surface area contributed by atoms with E-state index in [4.69, 9.17) is 4.74 Å². The fourth-order valence-electron chi connectivity index (χ4n) is 1.85. The number of hydrogen-bond donors (Lipinski definition) is 0. The maximum absolute atomic E-state index is 5.51. The van der Waals surface area contributed by atoms with Crippen LogP contribution in [0.2, 0.25) is 0 Å². The molecule has 1 aliphatic carbocycles. The van der Waals surface area contributed by atoms with Crippen molar-refractivity contribution in [3.05, 3.63) is 35.0 Å². The van der Waals surface area contributed by atoms with Gasteiger partial charge in [0, 0.05) is 5.41 Å². The molecule has 0 spiro atoms. The van der Waals surface area contributed by atoms with Crippen LogP contribution in [0, 0.1) is 5.41 Å². The fraction of sp³-hybridized carbons (Fsp3) is 0.500. The predicted octanol–water partition coefficient (Wildman–Crippen LogP) is 3.85. The third-order valence-electron chi connectivity index (χ3n) is 2.69. The van der Waals surface area contributed by atoms with E-state index in [9.17, 15) is 0 Å². The Morgan fingerprint density at radius 2 is 2.21 bits per heavy atom. The summed E-state index contributed by atoms with van der Waals surface area (Å²) in [6.45, 7) is 4.50. The van der Waals surface area contributed by atoms with Gasteiger partial charge in [0.05, 0.1) is 4.91 Å². The van der Waals surface area contributed by atoms with Gasteiger partial charge in [-0.2, -0.15) is 0 Å². The maximum atomic E-state index is 5.51. The Bertz CT molecular complexity index is 288. The first-order valence-electron chi connectivity index (χ1n) is 5.12. The molecule has 1 aliphatic heterocycles.